The van der Waals surface area contributed by atoms with E-state index < -0.39 is 0 Å². The molecule has 0 aliphatic heterocycles. The topological polar surface area (TPSA) is 100 Å². The number of methoxy groups -OCH3 is 1. The molecule has 3 heterocycles. The number of benzene rings is 1. The number of hydrogen-bond acceptors (Lipinski definition) is 6. The number of rotatable bonds is 2. The van der Waals surface area contributed by atoms with E-state index in [1.807, 2.05) is 0 Å². The molecule has 114 valence electrons. The molecular weight excluding hydrogens is 296 g/mol. The largest absolute Gasteiger partial charge is 0.497 e. The number of anilines is 1. The summed E-state index contributed by atoms with van der Waals surface area (Å²) in [7, 11) is 1.58. The van der Waals surface area contributed by atoms with Gasteiger partial charge in [0.25, 0.3) is 0 Å². The zero-order chi connectivity index (χ0) is 16.0. The predicted octanol–water partition coefficient (Wildman–Crippen LogP) is 1.02. The van der Waals surface area contributed by atoms with Crippen LogP contribution in [0.25, 0.3) is 22.5 Å². The third kappa shape index (κ3) is 1.92. The molecule has 23 heavy (non-hydrogen) atoms. The van der Waals surface area contributed by atoms with Crippen LogP contribution in [-0.4, -0.2) is 31.3 Å². The van der Waals surface area contributed by atoms with Crippen LogP contribution < -0.4 is 16.2 Å². The van der Waals surface area contributed by atoms with Gasteiger partial charge in [-0.3, -0.25) is 0 Å². The van der Waals surface area contributed by atoms with Gasteiger partial charge < -0.3 is 10.5 Å². The maximum atomic E-state index is 12.8. The summed E-state index contributed by atoms with van der Waals surface area (Å²) in [5.74, 6) is 0.849. The van der Waals surface area contributed by atoms with E-state index >= 15 is 0 Å². The lowest BCUT2D eigenvalue weighted by Crippen LogP contribution is -2.20. The van der Waals surface area contributed by atoms with Crippen molar-refractivity contribution in [2.45, 2.75) is 0 Å². The summed E-state index contributed by atoms with van der Waals surface area (Å²) in [5, 5.41) is 4.30. The average molecular weight is 308 g/mol. The minimum absolute atomic E-state index is 0.153. The fraction of sp³-hybridized carbons (Fsp3) is 0.0667. The number of fused-ring (bicyclic) bond motifs is 3. The summed E-state index contributed by atoms with van der Waals surface area (Å²) in [4.78, 5) is 21.1. The molecule has 0 saturated carbocycles. The molecule has 1 aromatic carbocycles. The first kappa shape index (κ1) is 13.3. The SMILES string of the molecule is COc1ccc(-n2nc3c(N)nc4ncccc4n3c2=O)cc1. The molecule has 2 N–H and O–H groups in total. The highest BCUT2D eigenvalue weighted by Crippen LogP contribution is 2.17. The van der Waals surface area contributed by atoms with E-state index in [4.69, 9.17) is 10.5 Å². The van der Waals surface area contributed by atoms with Crippen molar-refractivity contribution in [1.29, 1.82) is 0 Å². The van der Waals surface area contributed by atoms with Gasteiger partial charge in [-0.25, -0.2) is 19.2 Å². The van der Waals surface area contributed by atoms with Crippen LogP contribution in [0.3, 0.4) is 0 Å². The molecule has 0 bridgehead atoms. The number of nitrogens with two attached hydrogens (primary N) is 1. The van der Waals surface area contributed by atoms with E-state index in [1.165, 1.54) is 9.08 Å². The molecule has 0 aliphatic carbocycles. The molecule has 8 nitrogen and oxygen atoms in total. The second-order valence-corrected chi connectivity index (χ2v) is 4.89. The summed E-state index contributed by atoms with van der Waals surface area (Å²) < 4.78 is 7.81. The van der Waals surface area contributed by atoms with Gasteiger partial charge in [0.05, 0.1) is 18.3 Å². The molecule has 0 fully saturated rings. The van der Waals surface area contributed by atoms with Crippen LogP contribution in [0.2, 0.25) is 0 Å². The second-order valence-electron chi connectivity index (χ2n) is 4.89. The minimum Gasteiger partial charge on any atom is -0.497 e. The monoisotopic (exact) mass is 308 g/mol. The lowest BCUT2D eigenvalue weighted by Gasteiger charge is -2.01. The van der Waals surface area contributed by atoms with Crippen LogP contribution >= 0.6 is 0 Å². The maximum absolute atomic E-state index is 12.8. The highest BCUT2D eigenvalue weighted by atomic mass is 16.5. The van der Waals surface area contributed by atoms with Crippen LogP contribution in [0.5, 0.6) is 5.75 Å². The predicted molar refractivity (Wildman–Crippen MR) is 84.8 cm³/mol. The zero-order valence-electron chi connectivity index (χ0n) is 12.2. The Morgan fingerprint density at radius 2 is 1.96 bits per heavy atom. The molecule has 0 atom stereocenters. The van der Waals surface area contributed by atoms with Crippen molar-refractivity contribution >= 4 is 22.6 Å². The quantitative estimate of drug-likeness (QED) is 0.593. The number of aromatic nitrogens is 5. The Balaban J connectivity index is 2.05. The highest BCUT2D eigenvalue weighted by molar-refractivity contribution is 5.78. The molecule has 0 amide bonds. The number of ether oxygens (including phenoxy) is 1. The number of nitrogen functional groups attached to an aromatic ring is 1. The number of hydrogen-bond donors (Lipinski definition) is 1. The molecule has 3 aromatic heterocycles. The third-order valence-corrected chi connectivity index (χ3v) is 3.56. The Morgan fingerprint density at radius 1 is 1.17 bits per heavy atom. The summed E-state index contributed by atoms with van der Waals surface area (Å²) in [6, 6.07) is 10.5. The molecule has 0 saturated heterocycles. The van der Waals surface area contributed by atoms with Gasteiger partial charge in [0, 0.05) is 6.20 Å². The van der Waals surface area contributed by atoms with E-state index in [0.29, 0.717) is 28.2 Å². The zero-order valence-corrected chi connectivity index (χ0v) is 12.2. The van der Waals surface area contributed by atoms with E-state index in [9.17, 15) is 4.79 Å². The Labute approximate surface area is 129 Å². The van der Waals surface area contributed by atoms with Gasteiger partial charge >= 0.3 is 5.69 Å². The summed E-state index contributed by atoms with van der Waals surface area (Å²) in [6.45, 7) is 0. The summed E-state index contributed by atoms with van der Waals surface area (Å²) >= 11 is 0. The highest BCUT2D eigenvalue weighted by Gasteiger charge is 2.15. The van der Waals surface area contributed by atoms with Gasteiger partial charge in [0.15, 0.2) is 11.5 Å². The molecule has 0 aliphatic rings. The van der Waals surface area contributed by atoms with Crippen molar-refractivity contribution in [3.05, 3.63) is 53.1 Å². The van der Waals surface area contributed by atoms with Crippen LogP contribution in [0.1, 0.15) is 0 Å². The van der Waals surface area contributed by atoms with Gasteiger partial charge in [-0.05, 0) is 36.4 Å². The first-order valence-electron chi connectivity index (χ1n) is 6.85. The Kier molecular flexibility index (Phi) is 2.77. The van der Waals surface area contributed by atoms with Crippen molar-refractivity contribution in [2.75, 3.05) is 12.8 Å². The standard InChI is InChI=1S/C15H12N6O2/c1-23-10-6-4-9(5-7-10)21-15(22)20-11-3-2-8-17-13(11)18-12(16)14(20)19-21/h2-8H,1H3,(H2,16,17,18). The smallest absolute Gasteiger partial charge is 0.355 e. The average Bonchev–Trinajstić information content (AvgIpc) is 2.94. The Bertz CT molecular complexity index is 1080. The van der Waals surface area contributed by atoms with E-state index in [-0.39, 0.29) is 11.5 Å². The van der Waals surface area contributed by atoms with Crippen LogP contribution in [0.4, 0.5) is 5.82 Å². The van der Waals surface area contributed by atoms with Crippen molar-refractivity contribution in [3.8, 4) is 11.4 Å². The molecule has 0 spiro atoms. The normalized spacial score (nSPS) is 11.2. The first-order chi connectivity index (χ1) is 11.2. The summed E-state index contributed by atoms with van der Waals surface area (Å²) in [6.07, 6.45) is 1.60. The van der Waals surface area contributed by atoms with Gasteiger partial charge in [0.1, 0.15) is 5.75 Å². The number of nitrogens with zero attached hydrogens (tertiary/aromatic N) is 5. The van der Waals surface area contributed by atoms with Crippen LogP contribution in [0, 0.1) is 0 Å². The van der Waals surface area contributed by atoms with Crippen molar-refractivity contribution in [3.63, 3.8) is 0 Å². The molecule has 4 aromatic rings. The number of pyridine rings is 1. The van der Waals surface area contributed by atoms with Crippen LogP contribution in [-0.2, 0) is 0 Å². The Hall–Kier alpha value is -3.42. The molecular formula is C15H12N6O2. The Morgan fingerprint density at radius 3 is 2.70 bits per heavy atom. The minimum atomic E-state index is -0.336. The lowest BCUT2D eigenvalue weighted by molar-refractivity contribution is 0.414. The van der Waals surface area contributed by atoms with E-state index in [2.05, 4.69) is 15.1 Å². The second kappa shape index (κ2) is 4.80. The maximum Gasteiger partial charge on any atom is 0.355 e. The fourth-order valence-electron chi connectivity index (χ4n) is 2.46. The molecule has 0 unspecified atom stereocenters. The van der Waals surface area contributed by atoms with Crippen molar-refractivity contribution < 1.29 is 4.74 Å². The first-order valence-corrected chi connectivity index (χ1v) is 6.85. The summed E-state index contributed by atoms with van der Waals surface area (Å²) in [5.41, 5.74) is 7.44. The third-order valence-electron chi connectivity index (χ3n) is 3.56. The van der Waals surface area contributed by atoms with Gasteiger partial charge in [-0.1, -0.05) is 0 Å². The van der Waals surface area contributed by atoms with Crippen molar-refractivity contribution in [1.82, 2.24) is 24.1 Å². The van der Waals surface area contributed by atoms with Crippen molar-refractivity contribution in [2.24, 2.45) is 0 Å². The fourth-order valence-corrected chi connectivity index (χ4v) is 2.46. The van der Waals surface area contributed by atoms with Gasteiger partial charge in [0.2, 0.25) is 5.65 Å². The van der Waals surface area contributed by atoms with E-state index in [1.54, 1.807) is 49.7 Å². The van der Waals surface area contributed by atoms with E-state index in [0.717, 1.165) is 0 Å². The van der Waals surface area contributed by atoms with Gasteiger partial charge in [-0.2, -0.15) is 4.68 Å². The molecule has 4 rings (SSSR count). The van der Waals surface area contributed by atoms with Gasteiger partial charge in [-0.15, -0.1) is 5.10 Å². The lowest BCUT2D eigenvalue weighted by atomic mass is 10.3. The molecule has 0 radical (unpaired) electrons. The molecule has 8 heteroatoms. The van der Waals surface area contributed by atoms with Crippen LogP contribution in [0.15, 0.2) is 47.4 Å².